The van der Waals surface area contributed by atoms with Crippen molar-refractivity contribution < 1.29 is 9.84 Å². The van der Waals surface area contributed by atoms with Crippen LogP contribution in [0, 0.1) is 11.8 Å². The second kappa shape index (κ2) is 5.62. The minimum atomic E-state index is 0.235. The predicted octanol–water partition coefficient (Wildman–Crippen LogP) is 1.83. The summed E-state index contributed by atoms with van der Waals surface area (Å²) in [6, 6.07) is 6.40. The Kier molecular flexibility index (Phi) is 3.85. The molecule has 3 atom stereocenters. The van der Waals surface area contributed by atoms with Crippen LogP contribution in [0.15, 0.2) is 18.2 Å². The first kappa shape index (κ1) is 13.7. The lowest BCUT2D eigenvalue weighted by Crippen LogP contribution is -2.34. The zero-order valence-electron chi connectivity index (χ0n) is 12.3. The van der Waals surface area contributed by atoms with E-state index in [1.54, 1.807) is 7.11 Å². The smallest absolute Gasteiger partial charge is 0.160 e. The number of ether oxygens (including phenoxy) is 1. The normalized spacial score (nSPS) is 29.6. The highest BCUT2D eigenvalue weighted by molar-refractivity contribution is 5.41. The average Bonchev–Trinajstić information content (AvgIpc) is 2.99. The number of likely N-dealkylation sites (tertiary alicyclic amines) is 1. The van der Waals surface area contributed by atoms with Gasteiger partial charge >= 0.3 is 0 Å². The van der Waals surface area contributed by atoms with E-state index in [2.05, 4.69) is 23.2 Å². The van der Waals surface area contributed by atoms with E-state index in [4.69, 9.17) is 4.74 Å². The lowest BCUT2D eigenvalue weighted by Gasteiger charge is -2.27. The highest BCUT2D eigenvalue weighted by Gasteiger charge is 2.42. The van der Waals surface area contributed by atoms with Crippen molar-refractivity contribution in [2.75, 3.05) is 26.7 Å². The minimum Gasteiger partial charge on any atom is -0.504 e. The standard InChI is InChI=1S/C16H24N2O2/c1-3-14-13-8-17-7-12(13)10-18(14)9-11-4-5-16(20-2)15(19)6-11/h4-6,12-14,17,19H,3,7-10H2,1-2H3. The molecule has 0 radical (unpaired) electrons. The van der Waals surface area contributed by atoms with Gasteiger partial charge < -0.3 is 15.2 Å². The molecule has 4 nitrogen and oxygen atoms in total. The number of phenols is 1. The maximum atomic E-state index is 9.90. The molecule has 3 rings (SSSR count). The number of methoxy groups -OCH3 is 1. The van der Waals surface area contributed by atoms with Gasteiger partial charge in [0.05, 0.1) is 7.11 Å². The number of nitrogens with one attached hydrogen (secondary N) is 1. The first-order valence-electron chi connectivity index (χ1n) is 7.53. The molecule has 0 amide bonds. The third kappa shape index (κ3) is 2.38. The zero-order valence-corrected chi connectivity index (χ0v) is 12.3. The van der Waals surface area contributed by atoms with E-state index in [1.807, 2.05) is 12.1 Å². The lowest BCUT2D eigenvalue weighted by molar-refractivity contribution is 0.210. The largest absolute Gasteiger partial charge is 0.504 e. The molecule has 20 heavy (non-hydrogen) atoms. The summed E-state index contributed by atoms with van der Waals surface area (Å²) in [5.41, 5.74) is 1.16. The Morgan fingerprint density at radius 2 is 2.25 bits per heavy atom. The Hall–Kier alpha value is -1.26. The van der Waals surface area contributed by atoms with Gasteiger partial charge in [-0.3, -0.25) is 4.90 Å². The van der Waals surface area contributed by atoms with E-state index in [-0.39, 0.29) is 5.75 Å². The molecule has 0 spiro atoms. The molecule has 3 unspecified atom stereocenters. The topological polar surface area (TPSA) is 44.7 Å². The van der Waals surface area contributed by atoms with E-state index in [0.29, 0.717) is 11.8 Å². The van der Waals surface area contributed by atoms with Gasteiger partial charge in [0, 0.05) is 19.1 Å². The molecule has 2 heterocycles. The highest BCUT2D eigenvalue weighted by atomic mass is 16.5. The van der Waals surface area contributed by atoms with Gasteiger partial charge in [0.1, 0.15) is 0 Å². The summed E-state index contributed by atoms with van der Waals surface area (Å²) >= 11 is 0. The van der Waals surface area contributed by atoms with Gasteiger partial charge in [-0.2, -0.15) is 0 Å². The van der Waals surface area contributed by atoms with Gasteiger partial charge in [-0.15, -0.1) is 0 Å². The van der Waals surface area contributed by atoms with Crippen LogP contribution in [-0.4, -0.2) is 42.8 Å². The second-order valence-electron chi connectivity index (χ2n) is 5.99. The molecule has 2 aliphatic rings. The molecule has 0 bridgehead atoms. The van der Waals surface area contributed by atoms with Crippen LogP contribution in [0.25, 0.3) is 0 Å². The highest BCUT2D eigenvalue weighted by Crippen LogP contribution is 2.36. The number of rotatable bonds is 4. The van der Waals surface area contributed by atoms with Crippen molar-refractivity contribution in [1.82, 2.24) is 10.2 Å². The fourth-order valence-corrected chi connectivity index (χ4v) is 3.92. The molecule has 110 valence electrons. The molecular weight excluding hydrogens is 252 g/mol. The first-order chi connectivity index (χ1) is 9.72. The van der Waals surface area contributed by atoms with Gasteiger partial charge in [-0.25, -0.2) is 0 Å². The summed E-state index contributed by atoms with van der Waals surface area (Å²) in [6.07, 6.45) is 1.20. The molecular formula is C16H24N2O2. The van der Waals surface area contributed by atoms with Gasteiger partial charge in [0.25, 0.3) is 0 Å². The van der Waals surface area contributed by atoms with Crippen molar-refractivity contribution in [3.63, 3.8) is 0 Å². The quantitative estimate of drug-likeness (QED) is 0.880. The van der Waals surface area contributed by atoms with Crippen molar-refractivity contribution in [2.45, 2.75) is 25.9 Å². The fraction of sp³-hybridized carbons (Fsp3) is 0.625. The molecule has 2 N–H and O–H groups in total. The first-order valence-corrected chi connectivity index (χ1v) is 7.53. The van der Waals surface area contributed by atoms with Gasteiger partial charge in [-0.1, -0.05) is 13.0 Å². The van der Waals surface area contributed by atoms with E-state index in [9.17, 15) is 5.11 Å². The molecule has 1 aromatic carbocycles. The monoisotopic (exact) mass is 276 g/mol. The minimum absolute atomic E-state index is 0.235. The number of hydrogen-bond acceptors (Lipinski definition) is 4. The Bertz CT molecular complexity index is 478. The molecule has 0 saturated carbocycles. The van der Waals surface area contributed by atoms with E-state index in [1.165, 1.54) is 13.0 Å². The van der Waals surface area contributed by atoms with E-state index in [0.717, 1.165) is 37.0 Å². The Morgan fingerprint density at radius 3 is 2.95 bits per heavy atom. The van der Waals surface area contributed by atoms with Gasteiger partial charge in [-0.05, 0) is 49.0 Å². The van der Waals surface area contributed by atoms with E-state index >= 15 is 0 Å². The van der Waals surface area contributed by atoms with Gasteiger partial charge in [0.15, 0.2) is 11.5 Å². The van der Waals surface area contributed by atoms with Crippen molar-refractivity contribution in [1.29, 1.82) is 0 Å². The Balaban J connectivity index is 1.72. The Labute approximate surface area is 120 Å². The number of benzene rings is 1. The van der Waals surface area contributed by atoms with Crippen LogP contribution < -0.4 is 10.1 Å². The average molecular weight is 276 g/mol. The number of aromatic hydroxyl groups is 1. The third-order valence-electron chi connectivity index (χ3n) is 4.87. The molecule has 2 saturated heterocycles. The summed E-state index contributed by atoms with van der Waals surface area (Å²) in [5, 5.41) is 13.4. The molecule has 1 aromatic rings. The lowest BCUT2D eigenvalue weighted by atomic mass is 9.93. The van der Waals surface area contributed by atoms with Crippen molar-refractivity contribution in [2.24, 2.45) is 11.8 Å². The van der Waals surface area contributed by atoms with Crippen LogP contribution >= 0.6 is 0 Å². The van der Waals surface area contributed by atoms with E-state index < -0.39 is 0 Å². The van der Waals surface area contributed by atoms with Crippen LogP contribution in [-0.2, 0) is 6.54 Å². The van der Waals surface area contributed by atoms with Crippen LogP contribution in [0.5, 0.6) is 11.5 Å². The maximum absolute atomic E-state index is 9.90. The molecule has 0 aliphatic carbocycles. The van der Waals surface area contributed by atoms with Crippen molar-refractivity contribution >= 4 is 0 Å². The zero-order chi connectivity index (χ0) is 14.1. The number of hydrogen-bond donors (Lipinski definition) is 2. The summed E-state index contributed by atoms with van der Waals surface area (Å²) in [6.45, 7) is 6.69. The number of fused-ring (bicyclic) bond motifs is 1. The SMILES string of the molecule is CCC1C2CNCC2CN1Cc1ccc(OC)c(O)c1. The van der Waals surface area contributed by atoms with Crippen LogP contribution in [0.1, 0.15) is 18.9 Å². The predicted molar refractivity (Wildman–Crippen MR) is 79.0 cm³/mol. The van der Waals surface area contributed by atoms with Crippen molar-refractivity contribution in [3.05, 3.63) is 23.8 Å². The number of nitrogens with zero attached hydrogens (tertiary/aromatic N) is 1. The summed E-state index contributed by atoms with van der Waals surface area (Å²) in [7, 11) is 1.58. The van der Waals surface area contributed by atoms with Crippen LogP contribution in [0.3, 0.4) is 0 Å². The third-order valence-corrected chi connectivity index (χ3v) is 4.87. The van der Waals surface area contributed by atoms with Gasteiger partial charge in [0.2, 0.25) is 0 Å². The van der Waals surface area contributed by atoms with Crippen LogP contribution in [0.2, 0.25) is 0 Å². The summed E-state index contributed by atoms with van der Waals surface area (Å²) in [5.74, 6) is 2.38. The molecule has 2 aliphatic heterocycles. The summed E-state index contributed by atoms with van der Waals surface area (Å²) < 4.78 is 5.10. The van der Waals surface area contributed by atoms with Crippen LogP contribution in [0.4, 0.5) is 0 Å². The fourth-order valence-electron chi connectivity index (χ4n) is 3.92. The molecule has 4 heteroatoms. The Morgan fingerprint density at radius 1 is 1.40 bits per heavy atom. The maximum Gasteiger partial charge on any atom is 0.160 e. The number of phenolic OH excluding ortho intramolecular Hbond substituents is 1. The summed E-state index contributed by atoms with van der Waals surface area (Å²) in [4.78, 5) is 2.58. The molecule has 2 fully saturated rings. The van der Waals surface area contributed by atoms with Crippen molar-refractivity contribution in [3.8, 4) is 11.5 Å². The second-order valence-corrected chi connectivity index (χ2v) is 5.99. The molecule has 0 aromatic heterocycles.